The van der Waals surface area contributed by atoms with Crippen LogP contribution in [0.4, 0.5) is 13.2 Å². The second-order valence-corrected chi connectivity index (χ2v) is 3.80. The molecule has 1 aromatic carbocycles. The van der Waals surface area contributed by atoms with Gasteiger partial charge in [-0.05, 0) is 36.4 Å². The summed E-state index contributed by atoms with van der Waals surface area (Å²) in [5, 5.41) is 0. The Hall–Kier alpha value is -2.37. The number of halogens is 3. The fraction of sp³-hybridized carbons (Fsp3) is 0.0769. The molecule has 0 bridgehead atoms. The standard InChI is InChI=1S/C13H8F3NO2/c14-13(15,16)10-5-3-9(4-6-10)12(19)17-7-1-2-11(17)8-18/h1-8H. The highest BCUT2D eigenvalue weighted by Gasteiger charge is 2.30. The third-order valence-corrected chi connectivity index (χ3v) is 2.58. The highest BCUT2D eigenvalue weighted by Crippen LogP contribution is 2.29. The van der Waals surface area contributed by atoms with Crippen molar-refractivity contribution in [3.63, 3.8) is 0 Å². The molecule has 2 aromatic rings. The molecule has 0 atom stereocenters. The molecule has 3 nitrogen and oxygen atoms in total. The average molecular weight is 267 g/mol. The summed E-state index contributed by atoms with van der Waals surface area (Å²) in [6, 6.07) is 6.77. The van der Waals surface area contributed by atoms with Gasteiger partial charge in [0.1, 0.15) is 0 Å². The Labute approximate surface area is 106 Å². The quantitative estimate of drug-likeness (QED) is 0.784. The van der Waals surface area contributed by atoms with Crippen molar-refractivity contribution >= 4 is 12.2 Å². The Bertz CT molecular complexity index is 612. The van der Waals surface area contributed by atoms with Gasteiger partial charge in [0.2, 0.25) is 0 Å². The molecule has 0 radical (unpaired) electrons. The lowest BCUT2D eigenvalue weighted by molar-refractivity contribution is -0.137. The molecular formula is C13H8F3NO2. The van der Waals surface area contributed by atoms with Crippen molar-refractivity contribution in [1.82, 2.24) is 4.57 Å². The molecule has 0 N–H and O–H groups in total. The van der Waals surface area contributed by atoms with Gasteiger partial charge in [0.15, 0.2) is 6.29 Å². The van der Waals surface area contributed by atoms with E-state index >= 15 is 0 Å². The second kappa shape index (κ2) is 4.72. The summed E-state index contributed by atoms with van der Waals surface area (Å²) in [6.45, 7) is 0. The second-order valence-electron chi connectivity index (χ2n) is 3.80. The van der Waals surface area contributed by atoms with E-state index in [1.807, 2.05) is 0 Å². The Morgan fingerprint density at radius 1 is 1.11 bits per heavy atom. The van der Waals surface area contributed by atoms with Gasteiger partial charge in [-0.3, -0.25) is 14.2 Å². The van der Waals surface area contributed by atoms with Crippen LogP contribution in [-0.4, -0.2) is 16.8 Å². The predicted octanol–water partition coefficient (Wildman–Crippen LogP) is 3.01. The van der Waals surface area contributed by atoms with Crippen molar-refractivity contribution < 1.29 is 22.8 Å². The van der Waals surface area contributed by atoms with Crippen LogP contribution in [0.15, 0.2) is 42.6 Å². The van der Waals surface area contributed by atoms with E-state index in [1.165, 1.54) is 18.3 Å². The van der Waals surface area contributed by atoms with Gasteiger partial charge < -0.3 is 0 Å². The molecule has 19 heavy (non-hydrogen) atoms. The Kier molecular flexibility index (Phi) is 3.25. The van der Waals surface area contributed by atoms with Crippen molar-refractivity contribution in [3.05, 3.63) is 59.4 Å². The molecule has 1 heterocycles. The fourth-order valence-electron chi connectivity index (χ4n) is 1.62. The van der Waals surface area contributed by atoms with Crippen molar-refractivity contribution in [2.45, 2.75) is 6.18 Å². The molecule has 0 aliphatic heterocycles. The molecule has 0 aliphatic rings. The van der Waals surface area contributed by atoms with Crippen LogP contribution in [-0.2, 0) is 6.18 Å². The molecule has 6 heteroatoms. The number of rotatable bonds is 2. The van der Waals surface area contributed by atoms with Gasteiger partial charge in [0, 0.05) is 11.8 Å². The first-order valence-corrected chi connectivity index (χ1v) is 5.28. The monoisotopic (exact) mass is 267 g/mol. The van der Waals surface area contributed by atoms with Gasteiger partial charge >= 0.3 is 6.18 Å². The number of hydrogen-bond donors (Lipinski definition) is 0. The third-order valence-electron chi connectivity index (χ3n) is 2.58. The molecule has 0 fully saturated rings. The molecule has 0 spiro atoms. The normalized spacial score (nSPS) is 11.3. The smallest absolute Gasteiger partial charge is 0.296 e. The van der Waals surface area contributed by atoms with Gasteiger partial charge in [0.25, 0.3) is 5.91 Å². The van der Waals surface area contributed by atoms with Crippen LogP contribution in [0.5, 0.6) is 0 Å². The van der Waals surface area contributed by atoms with Gasteiger partial charge in [-0.15, -0.1) is 0 Å². The van der Waals surface area contributed by atoms with Crippen LogP contribution in [0.2, 0.25) is 0 Å². The van der Waals surface area contributed by atoms with Crippen LogP contribution in [0.1, 0.15) is 26.4 Å². The summed E-state index contributed by atoms with van der Waals surface area (Å²) in [5.41, 5.74) is -0.607. The summed E-state index contributed by atoms with van der Waals surface area (Å²) >= 11 is 0. The molecule has 98 valence electrons. The van der Waals surface area contributed by atoms with E-state index < -0.39 is 17.6 Å². The largest absolute Gasteiger partial charge is 0.416 e. The summed E-state index contributed by atoms with van der Waals surface area (Å²) in [6.07, 6.45) is -2.56. The zero-order valence-electron chi connectivity index (χ0n) is 9.52. The van der Waals surface area contributed by atoms with Crippen LogP contribution in [0.3, 0.4) is 0 Å². The number of nitrogens with zero attached hydrogens (tertiary/aromatic N) is 1. The van der Waals surface area contributed by atoms with Crippen molar-refractivity contribution in [3.8, 4) is 0 Å². The lowest BCUT2D eigenvalue weighted by Crippen LogP contribution is -2.14. The molecular weight excluding hydrogens is 259 g/mol. The van der Waals surface area contributed by atoms with Gasteiger partial charge in [-0.1, -0.05) is 0 Å². The van der Waals surface area contributed by atoms with E-state index in [1.54, 1.807) is 0 Å². The van der Waals surface area contributed by atoms with E-state index in [0.717, 1.165) is 28.8 Å². The van der Waals surface area contributed by atoms with E-state index in [4.69, 9.17) is 0 Å². The summed E-state index contributed by atoms with van der Waals surface area (Å²) in [5.74, 6) is -0.555. The van der Waals surface area contributed by atoms with E-state index in [-0.39, 0.29) is 11.3 Å². The number of aldehydes is 1. The molecule has 2 rings (SSSR count). The van der Waals surface area contributed by atoms with Crippen molar-refractivity contribution in [1.29, 1.82) is 0 Å². The molecule has 0 saturated heterocycles. The number of carbonyl (C=O) groups is 2. The van der Waals surface area contributed by atoms with E-state index in [9.17, 15) is 22.8 Å². The van der Waals surface area contributed by atoms with Gasteiger partial charge in [-0.2, -0.15) is 13.2 Å². The minimum absolute atomic E-state index is 0.0762. The lowest BCUT2D eigenvalue weighted by atomic mass is 10.1. The maximum atomic E-state index is 12.4. The van der Waals surface area contributed by atoms with Crippen molar-refractivity contribution in [2.24, 2.45) is 0 Å². The summed E-state index contributed by atoms with van der Waals surface area (Å²) in [7, 11) is 0. The number of alkyl halides is 3. The zero-order valence-corrected chi connectivity index (χ0v) is 9.52. The Morgan fingerprint density at radius 3 is 2.26 bits per heavy atom. The first kappa shape index (κ1) is 13.1. The molecule has 0 aliphatic carbocycles. The molecule has 0 unspecified atom stereocenters. The highest BCUT2D eigenvalue weighted by atomic mass is 19.4. The topological polar surface area (TPSA) is 39.1 Å². The first-order chi connectivity index (χ1) is 8.93. The Balaban J connectivity index is 2.33. The fourth-order valence-corrected chi connectivity index (χ4v) is 1.62. The van der Waals surface area contributed by atoms with Crippen LogP contribution < -0.4 is 0 Å². The maximum Gasteiger partial charge on any atom is 0.416 e. The number of carbonyl (C=O) groups excluding carboxylic acids is 2. The van der Waals surface area contributed by atoms with Crippen molar-refractivity contribution in [2.75, 3.05) is 0 Å². The predicted molar refractivity (Wildman–Crippen MR) is 61.0 cm³/mol. The number of hydrogen-bond acceptors (Lipinski definition) is 2. The summed E-state index contributed by atoms with van der Waals surface area (Å²) < 4.78 is 38.2. The average Bonchev–Trinajstić information content (AvgIpc) is 2.85. The molecule has 1 aromatic heterocycles. The van der Waals surface area contributed by atoms with Gasteiger partial charge in [-0.25, -0.2) is 0 Å². The molecule has 0 saturated carbocycles. The third kappa shape index (κ3) is 2.57. The highest BCUT2D eigenvalue weighted by molar-refractivity contribution is 5.98. The van der Waals surface area contributed by atoms with Crippen LogP contribution >= 0.6 is 0 Å². The minimum Gasteiger partial charge on any atom is -0.296 e. The van der Waals surface area contributed by atoms with Crippen LogP contribution in [0, 0.1) is 0 Å². The van der Waals surface area contributed by atoms with Gasteiger partial charge in [0.05, 0.1) is 11.3 Å². The van der Waals surface area contributed by atoms with E-state index in [0.29, 0.717) is 6.29 Å². The minimum atomic E-state index is -4.44. The lowest BCUT2D eigenvalue weighted by Gasteiger charge is -2.08. The molecule has 0 amide bonds. The zero-order chi connectivity index (χ0) is 14.0. The first-order valence-electron chi connectivity index (χ1n) is 5.28. The van der Waals surface area contributed by atoms with E-state index in [2.05, 4.69) is 0 Å². The van der Waals surface area contributed by atoms with Crippen LogP contribution in [0.25, 0.3) is 0 Å². The summed E-state index contributed by atoms with van der Waals surface area (Å²) in [4.78, 5) is 22.7. The maximum absolute atomic E-state index is 12.4. The Morgan fingerprint density at radius 2 is 1.74 bits per heavy atom. The SMILES string of the molecule is O=Cc1cccn1C(=O)c1ccc(C(F)(F)F)cc1. The number of aromatic nitrogens is 1. The number of benzene rings is 1.